The van der Waals surface area contributed by atoms with Gasteiger partial charge in [-0.25, -0.2) is 4.79 Å². The summed E-state index contributed by atoms with van der Waals surface area (Å²) in [6, 6.07) is 1.58. The van der Waals surface area contributed by atoms with Crippen LogP contribution in [0, 0.1) is 13.8 Å². The smallest absolute Gasteiger partial charge is 0.412 e. The summed E-state index contributed by atoms with van der Waals surface area (Å²) in [5.74, 6) is 0. The molecule has 0 aromatic heterocycles. The number of carbonyl (C=O) groups excluding carboxylic acids is 2. The number of anilines is 1. The van der Waals surface area contributed by atoms with E-state index in [2.05, 4.69) is 5.32 Å². The van der Waals surface area contributed by atoms with Gasteiger partial charge in [0.2, 0.25) is 0 Å². The Morgan fingerprint density at radius 3 is 2.37 bits per heavy atom. The molecule has 0 unspecified atom stereocenters. The average molecular weight is 284 g/mol. The third-order valence-electron chi connectivity index (χ3n) is 2.58. The molecule has 0 aliphatic carbocycles. The summed E-state index contributed by atoms with van der Waals surface area (Å²) in [5.41, 5.74) is 1.75. The zero-order valence-corrected chi connectivity index (χ0v) is 12.5. The van der Waals surface area contributed by atoms with Crippen molar-refractivity contribution in [3.05, 3.63) is 27.8 Å². The molecule has 0 aliphatic heterocycles. The van der Waals surface area contributed by atoms with E-state index < -0.39 is 11.7 Å². The van der Waals surface area contributed by atoms with E-state index in [1.807, 2.05) is 0 Å². The highest BCUT2D eigenvalue weighted by Gasteiger charge is 2.19. The second kappa shape index (κ2) is 5.61. The molecule has 0 saturated carbocycles. The maximum Gasteiger partial charge on any atom is 0.412 e. The van der Waals surface area contributed by atoms with Crippen molar-refractivity contribution in [3.8, 4) is 0 Å². The minimum absolute atomic E-state index is 0.429. The molecule has 1 rings (SSSR count). The zero-order valence-electron chi connectivity index (χ0n) is 11.8. The first-order chi connectivity index (χ1) is 8.65. The van der Waals surface area contributed by atoms with E-state index in [1.54, 1.807) is 40.7 Å². The van der Waals surface area contributed by atoms with Gasteiger partial charge in [0, 0.05) is 10.6 Å². The van der Waals surface area contributed by atoms with Crippen LogP contribution in [0.4, 0.5) is 10.5 Å². The molecule has 1 amide bonds. The fourth-order valence-corrected chi connectivity index (χ4v) is 1.83. The first kappa shape index (κ1) is 15.5. The lowest BCUT2D eigenvalue weighted by Gasteiger charge is -2.21. The van der Waals surface area contributed by atoms with Crippen molar-refractivity contribution in [1.29, 1.82) is 0 Å². The topological polar surface area (TPSA) is 55.4 Å². The van der Waals surface area contributed by atoms with Crippen molar-refractivity contribution < 1.29 is 14.3 Å². The van der Waals surface area contributed by atoms with Gasteiger partial charge in [-0.15, -0.1) is 0 Å². The molecule has 0 fully saturated rings. The fraction of sp³-hybridized carbons (Fsp3) is 0.429. The van der Waals surface area contributed by atoms with Gasteiger partial charge in [-0.1, -0.05) is 11.6 Å². The molecule has 0 spiro atoms. The molecular weight excluding hydrogens is 266 g/mol. The molecule has 1 aromatic rings. The molecular formula is C14H18ClNO3. The first-order valence-corrected chi connectivity index (χ1v) is 6.28. The van der Waals surface area contributed by atoms with Crippen LogP contribution in [-0.4, -0.2) is 18.0 Å². The van der Waals surface area contributed by atoms with Crippen molar-refractivity contribution in [2.24, 2.45) is 0 Å². The van der Waals surface area contributed by atoms with Crippen LogP contribution in [-0.2, 0) is 4.74 Å². The average Bonchev–Trinajstić information content (AvgIpc) is 2.27. The van der Waals surface area contributed by atoms with Gasteiger partial charge in [-0.2, -0.15) is 0 Å². The van der Waals surface area contributed by atoms with Gasteiger partial charge in [0.05, 0.1) is 5.69 Å². The Hall–Kier alpha value is -1.55. The number of hydrogen-bond acceptors (Lipinski definition) is 3. The van der Waals surface area contributed by atoms with Crippen LogP contribution in [0.2, 0.25) is 5.02 Å². The van der Waals surface area contributed by atoms with Gasteiger partial charge in [0.25, 0.3) is 0 Å². The number of carbonyl (C=O) groups is 2. The Labute approximate surface area is 118 Å². The quantitative estimate of drug-likeness (QED) is 0.831. The maximum atomic E-state index is 11.8. The first-order valence-electron chi connectivity index (χ1n) is 5.90. The molecule has 4 nitrogen and oxygen atoms in total. The molecule has 0 bridgehead atoms. The summed E-state index contributed by atoms with van der Waals surface area (Å²) in [7, 11) is 0. The van der Waals surface area contributed by atoms with Gasteiger partial charge in [-0.05, 0) is 51.8 Å². The van der Waals surface area contributed by atoms with E-state index in [1.165, 1.54) is 0 Å². The lowest BCUT2D eigenvalue weighted by Crippen LogP contribution is -2.27. The van der Waals surface area contributed by atoms with Gasteiger partial charge in [-0.3, -0.25) is 10.1 Å². The van der Waals surface area contributed by atoms with Crippen LogP contribution in [0.15, 0.2) is 6.07 Å². The Kier molecular flexibility index (Phi) is 4.58. The number of hydrogen-bond donors (Lipinski definition) is 1. The van der Waals surface area contributed by atoms with E-state index in [4.69, 9.17) is 16.3 Å². The van der Waals surface area contributed by atoms with Crippen LogP contribution in [0.5, 0.6) is 0 Å². The summed E-state index contributed by atoms with van der Waals surface area (Å²) in [5, 5.41) is 3.08. The van der Waals surface area contributed by atoms with Gasteiger partial charge in [0.1, 0.15) is 11.9 Å². The Morgan fingerprint density at radius 1 is 1.32 bits per heavy atom. The summed E-state index contributed by atoms with van der Waals surface area (Å²) < 4.78 is 5.18. The standard InChI is InChI=1S/C14H18ClNO3/c1-8-10(7-17)6-11(15)9(2)12(8)16-13(18)19-14(3,4)5/h6-7H,1-5H3,(H,16,18). The van der Waals surface area contributed by atoms with Gasteiger partial charge < -0.3 is 4.74 Å². The number of nitrogens with one attached hydrogen (secondary N) is 1. The molecule has 19 heavy (non-hydrogen) atoms. The summed E-state index contributed by atoms with van der Waals surface area (Å²) in [6.07, 6.45) is 0.138. The number of amides is 1. The van der Waals surface area contributed by atoms with Gasteiger partial charge >= 0.3 is 6.09 Å². The Bertz CT molecular complexity index is 518. The van der Waals surface area contributed by atoms with E-state index in [0.29, 0.717) is 33.7 Å². The largest absolute Gasteiger partial charge is 0.444 e. The third-order valence-corrected chi connectivity index (χ3v) is 2.97. The molecule has 0 radical (unpaired) electrons. The minimum atomic E-state index is -0.585. The fourth-order valence-electron chi connectivity index (χ4n) is 1.61. The van der Waals surface area contributed by atoms with Crippen LogP contribution in [0.3, 0.4) is 0 Å². The molecule has 1 N–H and O–H groups in total. The molecule has 0 atom stereocenters. The highest BCUT2D eigenvalue weighted by Crippen LogP contribution is 2.30. The SMILES string of the molecule is Cc1c(Cl)cc(C=O)c(C)c1NC(=O)OC(C)(C)C. The molecule has 1 aromatic carbocycles. The summed E-state index contributed by atoms with van der Waals surface area (Å²) in [6.45, 7) is 8.86. The molecule has 104 valence electrons. The van der Waals surface area contributed by atoms with Crippen LogP contribution >= 0.6 is 11.6 Å². The Morgan fingerprint density at radius 2 is 1.89 bits per heavy atom. The maximum absolute atomic E-state index is 11.8. The van der Waals surface area contributed by atoms with E-state index >= 15 is 0 Å². The highest BCUT2D eigenvalue weighted by molar-refractivity contribution is 6.32. The normalized spacial score (nSPS) is 11.1. The summed E-state index contributed by atoms with van der Waals surface area (Å²) >= 11 is 6.04. The molecule has 5 heteroatoms. The second-order valence-corrected chi connectivity index (χ2v) is 5.72. The lowest BCUT2D eigenvalue weighted by molar-refractivity contribution is 0.0635. The Balaban J connectivity index is 3.10. The predicted molar refractivity (Wildman–Crippen MR) is 76.2 cm³/mol. The molecule has 0 saturated heterocycles. The number of benzene rings is 1. The van der Waals surface area contributed by atoms with Crippen LogP contribution < -0.4 is 5.32 Å². The lowest BCUT2D eigenvalue weighted by atomic mass is 10.0. The van der Waals surface area contributed by atoms with Crippen LogP contribution in [0.1, 0.15) is 42.3 Å². The van der Waals surface area contributed by atoms with Crippen LogP contribution in [0.25, 0.3) is 0 Å². The van der Waals surface area contributed by atoms with E-state index in [-0.39, 0.29) is 0 Å². The van der Waals surface area contributed by atoms with Crippen molar-refractivity contribution >= 4 is 29.7 Å². The summed E-state index contributed by atoms with van der Waals surface area (Å²) in [4.78, 5) is 22.7. The number of halogens is 1. The second-order valence-electron chi connectivity index (χ2n) is 5.32. The molecule has 0 aliphatic rings. The third kappa shape index (κ3) is 3.96. The van der Waals surface area contributed by atoms with E-state index in [0.717, 1.165) is 0 Å². The van der Waals surface area contributed by atoms with Gasteiger partial charge in [0.15, 0.2) is 0 Å². The van der Waals surface area contributed by atoms with Crippen molar-refractivity contribution in [2.75, 3.05) is 5.32 Å². The number of ether oxygens (including phenoxy) is 1. The minimum Gasteiger partial charge on any atom is -0.444 e. The molecule has 0 heterocycles. The van der Waals surface area contributed by atoms with Crippen molar-refractivity contribution in [3.63, 3.8) is 0 Å². The monoisotopic (exact) mass is 283 g/mol. The van der Waals surface area contributed by atoms with Crippen molar-refractivity contribution in [1.82, 2.24) is 0 Å². The number of aldehydes is 1. The highest BCUT2D eigenvalue weighted by atomic mass is 35.5. The predicted octanol–water partition coefficient (Wildman–Crippen LogP) is 4.12. The van der Waals surface area contributed by atoms with E-state index in [9.17, 15) is 9.59 Å². The number of rotatable bonds is 2. The zero-order chi connectivity index (χ0) is 14.8. The van der Waals surface area contributed by atoms with Crippen molar-refractivity contribution in [2.45, 2.75) is 40.2 Å².